The summed E-state index contributed by atoms with van der Waals surface area (Å²) in [5.41, 5.74) is 10.2. The van der Waals surface area contributed by atoms with E-state index >= 15 is 0 Å². The number of ether oxygens (including phenoxy) is 1. The van der Waals surface area contributed by atoms with Crippen molar-refractivity contribution in [2.45, 2.75) is 52.5 Å². The minimum Gasteiger partial charge on any atom is -0.465 e. The molecule has 0 unspecified atom stereocenters. The Morgan fingerprint density at radius 1 is 1.37 bits per heavy atom. The quantitative estimate of drug-likeness (QED) is 0.609. The number of thiazole rings is 1. The second-order valence-electron chi connectivity index (χ2n) is 7.89. The monoisotopic (exact) mass is 387 g/mol. The lowest BCUT2D eigenvalue weighted by Gasteiger charge is -2.19. The number of carbonyl (C=O) groups is 1. The van der Waals surface area contributed by atoms with Crippen molar-refractivity contribution in [3.8, 4) is 0 Å². The molecule has 2 N–H and O–H groups in total. The molecule has 0 aliphatic heterocycles. The van der Waals surface area contributed by atoms with Crippen LogP contribution in [-0.2, 0) is 22.5 Å². The molecule has 0 saturated heterocycles. The molecule has 2 aromatic rings. The van der Waals surface area contributed by atoms with E-state index in [0.717, 1.165) is 24.3 Å². The van der Waals surface area contributed by atoms with Gasteiger partial charge in [0.2, 0.25) is 5.51 Å². The molecule has 2 fully saturated rings. The average Bonchev–Trinajstić information content (AvgIpc) is 3.35. The Labute approximate surface area is 163 Å². The number of fused-ring (bicyclic) bond motifs is 2. The fourth-order valence-corrected chi connectivity index (χ4v) is 5.53. The normalized spacial score (nSPS) is 23.7. The lowest BCUT2D eigenvalue weighted by atomic mass is 9.89. The Hall–Kier alpha value is -2.02. The van der Waals surface area contributed by atoms with Gasteiger partial charge in [0.05, 0.1) is 23.0 Å². The molecule has 2 aromatic heterocycles. The van der Waals surface area contributed by atoms with Crippen LogP contribution in [0.25, 0.3) is 0 Å². The van der Waals surface area contributed by atoms with E-state index in [4.69, 9.17) is 10.5 Å². The summed E-state index contributed by atoms with van der Waals surface area (Å²) >= 11 is 1.69. The first kappa shape index (κ1) is 18.3. The van der Waals surface area contributed by atoms with Gasteiger partial charge >= 0.3 is 5.97 Å². The molecule has 7 heteroatoms. The highest BCUT2D eigenvalue weighted by Gasteiger charge is 2.43. The van der Waals surface area contributed by atoms with E-state index < -0.39 is 0 Å². The number of rotatable bonds is 6. The van der Waals surface area contributed by atoms with Crippen LogP contribution >= 0.6 is 11.3 Å². The Bertz CT molecular complexity index is 851. The molecule has 2 bridgehead atoms. The standard InChI is InChI=1S/C20H27N4O2S/c1-12-18(5-6-26-20(25)17-8-14-3-4-15(17)7-14)27-11-24(12)10-16-9-22-13(2)23-19(16)21/h9,11,14-15,17H,3-8,10H2,1-2H3,(H2,21,22,23)/q+1/t14-,15+,17-/m0/s1. The molecule has 0 spiro atoms. The Balaban J connectivity index is 1.32. The number of nitrogens with two attached hydrogens (primary N) is 1. The molecule has 0 aromatic carbocycles. The molecule has 2 aliphatic rings. The second-order valence-corrected chi connectivity index (χ2v) is 8.83. The number of nitrogen functional groups attached to an aromatic ring is 1. The van der Waals surface area contributed by atoms with Gasteiger partial charge in [-0.3, -0.25) is 4.79 Å². The molecule has 144 valence electrons. The molecular weight excluding hydrogens is 360 g/mol. The predicted octanol–water partition coefficient (Wildman–Crippen LogP) is 2.59. The number of hydrogen-bond donors (Lipinski definition) is 1. The van der Waals surface area contributed by atoms with E-state index in [2.05, 4.69) is 27.0 Å². The molecule has 6 nitrogen and oxygen atoms in total. The van der Waals surface area contributed by atoms with Crippen molar-refractivity contribution in [2.75, 3.05) is 12.3 Å². The van der Waals surface area contributed by atoms with Gasteiger partial charge in [0.25, 0.3) is 0 Å². The zero-order valence-corrected chi connectivity index (χ0v) is 16.8. The highest BCUT2D eigenvalue weighted by molar-refractivity contribution is 7.09. The lowest BCUT2D eigenvalue weighted by molar-refractivity contribution is -0.689. The van der Waals surface area contributed by atoms with Gasteiger partial charge in [-0.2, -0.15) is 4.57 Å². The van der Waals surface area contributed by atoms with E-state index in [1.807, 2.05) is 6.92 Å². The number of carbonyl (C=O) groups excluding carboxylic acids is 1. The Morgan fingerprint density at radius 2 is 2.22 bits per heavy atom. The summed E-state index contributed by atoms with van der Waals surface area (Å²) in [5, 5.41) is 0. The fourth-order valence-electron chi connectivity index (χ4n) is 4.55. The van der Waals surface area contributed by atoms with Gasteiger partial charge in [-0.15, -0.1) is 0 Å². The summed E-state index contributed by atoms with van der Waals surface area (Å²) in [4.78, 5) is 22.1. The number of aromatic nitrogens is 3. The van der Waals surface area contributed by atoms with E-state index in [9.17, 15) is 4.79 Å². The molecule has 2 saturated carbocycles. The summed E-state index contributed by atoms with van der Waals surface area (Å²) < 4.78 is 7.77. The SMILES string of the molecule is Cc1ncc(C[n+]2csc(CCOC(=O)[C@H]3C[C@H]4CC[C@@H]3C4)c2C)c(N)n1. The van der Waals surface area contributed by atoms with Crippen LogP contribution in [0.5, 0.6) is 0 Å². The number of esters is 1. The first-order chi connectivity index (χ1) is 13.0. The molecule has 2 heterocycles. The van der Waals surface area contributed by atoms with Crippen LogP contribution in [0.3, 0.4) is 0 Å². The molecule has 0 radical (unpaired) electrons. The minimum absolute atomic E-state index is 0.0221. The first-order valence-electron chi connectivity index (χ1n) is 9.72. The minimum atomic E-state index is 0.0221. The van der Waals surface area contributed by atoms with Gasteiger partial charge in [-0.1, -0.05) is 17.8 Å². The van der Waals surface area contributed by atoms with Crippen molar-refractivity contribution in [1.29, 1.82) is 0 Å². The molecule has 27 heavy (non-hydrogen) atoms. The maximum Gasteiger partial charge on any atom is 0.309 e. The fraction of sp³-hybridized carbons (Fsp3) is 0.600. The number of anilines is 1. The first-order valence-corrected chi connectivity index (χ1v) is 10.6. The summed E-state index contributed by atoms with van der Waals surface area (Å²) in [5.74, 6) is 2.74. The number of hydrogen-bond acceptors (Lipinski definition) is 6. The van der Waals surface area contributed by atoms with Crippen molar-refractivity contribution in [2.24, 2.45) is 17.8 Å². The lowest BCUT2D eigenvalue weighted by Crippen LogP contribution is -2.35. The van der Waals surface area contributed by atoms with Gasteiger partial charge < -0.3 is 10.5 Å². The third kappa shape index (κ3) is 3.83. The topological polar surface area (TPSA) is 82.0 Å². The van der Waals surface area contributed by atoms with Crippen LogP contribution in [-0.4, -0.2) is 22.5 Å². The van der Waals surface area contributed by atoms with Crippen LogP contribution in [0.1, 0.15) is 47.6 Å². The average molecular weight is 388 g/mol. The third-order valence-corrected chi connectivity index (χ3v) is 7.27. The van der Waals surface area contributed by atoms with Crippen LogP contribution in [0.15, 0.2) is 11.7 Å². The highest BCUT2D eigenvalue weighted by Crippen LogP contribution is 2.48. The van der Waals surface area contributed by atoms with Crippen LogP contribution < -0.4 is 10.3 Å². The Morgan fingerprint density at radius 3 is 2.93 bits per heavy atom. The van der Waals surface area contributed by atoms with Crippen molar-refractivity contribution < 1.29 is 14.1 Å². The van der Waals surface area contributed by atoms with Gasteiger partial charge in [0, 0.05) is 19.5 Å². The van der Waals surface area contributed by atoms with E-state index in [0.29, 0.717) is 30.7 Å². The number of aryl methyl sites for hydroxylation is 1. The van der Waals surface area contributed by atoms with Crippen LogP contribution in [0, 0.1) is 31.6 Å². The molecule has 3 atom stereocenters. The van der Waals surface area contributed by atoms with E-state index in [-0.39, 0.29) is 11.9 Å². The van der Waals surface area contributed by atoms with Crippen molar-refractivity contribution in [3.05, 3.63) is 33.7 Å². The van der Waals surface area contributed by atoms with E-state index in [1.165, 1.54) is 29.8 Å². The summed E-state index contributed by atoms with van der Waals surface area (Å²) in [6.45, 7) is 5.04. The zero-order valence-electron chi connectivity index (χ0n) is 16.0. The summed E-state index contributed by atoms with van der Waals surface area (Å²) in [7, 11) is 0. The highest BCUT2D eigenvalue weighted by atomic mass is 32.1. The van der Waals surface area contributed by atoms with Crippen molar-refractivity contribution >= 4 is 23.1 Å². The number of nitrogens with zero attached hydrogens (tertiary/aromatic N) is 3. The van der Waals surface area contributed by atoms with Crippen molar-refractivity contribution in [1.82, 2.24) is 9.97 Å². The third-order valence-electron chi connectivity index (χ3n) is 6.13. The smallest absolute Gasteiger partial charge is 0.309 e. The summed E-state index contributed by atoms with van der Waals surface area (Å²) in [6, 6.07) is 0. The maximum atomic E-state index is 12.4. The predicted molar refractivity (Wildman–Crippen MR) is 103 cm³/mol. The largest absolute Gasteiger partial charge is 0.465 e. The molecular formula is C20H27N4O2S+. The van der Waals surface area contributed by atoms with E-state index in [1.54, 1.807) is 17.5 Å². The van der Waals surface area contributed by atoms with Gasteiger partial charge in [-0.25, -0.2) is 9.97 Å². The van der Waals surface area contributed by atoms with Gasteiger partial charge in [0.15, 0.2) is 12.2 Å². The van der Waals surface area contributed by atoms with Gasteiger partial charge in [0.1, 0.15) is 11.6 Å². The van der Waals surface area contributed by atoms with Crippen LogP contribution in [0.2, 0.25) is 0 Å². The van der Waals surface area contributed by atoms with Crippen LogP contribution in [0.4, 0.5) is 5.82 Å². The second kappa shape index (κ2) is 7.54. The zero-order chi connectivity index (χ0) is 19.0. The Kier molecular flexibility index (Phi) is 5.12. The molecule has 0 amide bonds. The van der Waals surface area contributed by atoms with Crippen molar-refractivity contribution in [3.63, 3.8) is 0 Å². The maximum absolute atomic E-state index is 12.4. The molecule has 2 aliphatic carbocycles. The molecule has 4 rings (SSSR count). The summed E-state index contributed by atoms with van der Waals surface area (Å²) in [6.07, 6.45) is 7.34. The van der Waals surface area contributed by atoms with Gasteiger partial charge in [-0.05, 0) is 38.0 Å².